The van der Waals surface area contributed by atoms with Gasteiger partial charge in [-0.1, -0.05) is 54.1 Å². The number of nitrogens with one attached hydrogen (secondary N) is 1. The summed E-state index contributed by atoms with van der Waals surface area (Å²) in [5.41, 5.74) is 5.33. The van der Waals surface area contributed by atoms with Crippen LogP contribution in [0.1, 0.15) is 53.5 Å². The smallest absolute Gasteiger partial charge is 0.248 e. The lowest BCUT2D eigenvalue weighted by atomic mass is 9.98. The predicted octanol–water partition coefficient (Wildman–Crippen LogP) is 5.37. The summed E-state index contributed by atoms with van der Waals surface area (Å²) in [4.78, 5) is 13.1. The number of sulfonamides is 1. The molecule has 1 saturated heterocycles. The van der Waals surface area contributed by atoms with Gasteiger partial charge in [0, 0.05) is 18.8 Å². The fraction of sp³-hybridized carbons (Fsp3) is 0.357. The summed E-state index contributed by atoms with van der Waals surface area (Å²) in [6, 6.07) is 13.8. The highest BCUT2D eigenvalue weighted by molar-refractivity contribution is 7.89. The van der Waals surface area contributed by atoms with E-state index in [1.807, 2.05) is 62.4 Å². The quantitative estimate of drug-likeness (QED) is 0.464. The highest BCUT2D eigenvalue weighted by Gasteiger charge is 2.37. The Bertz CT molecular complexity index is 1390. The largest absolute Gasteiger partial charge is 0.355 e. The van der Waals surface area contributed by atoms with Crippen LogP contribution in [0.3, 0.4) is 0 Å². The van der Waals surface area contributed by atoms with Crippen LogP contribution in [0.25, 0.3) is 12.2 Å². The molecule has 36 heavy (non-hydrogen) atoms. The molecule has 1 aromatic heterocycles. The fourth-order valence-corrected chi connectivity index (χ4v) is 6.29. The van der Waals surface area contributed by atoms with Crippen LogP contribution in [0.5, 0.6) is 0 Å². The molecular weight excluding hydrogens is 474 g/mol. The maximum absolute atomic E-state index is 13.7. The van der Waals surface area contributed by atoms with Gasteiger partial charge < -0.3 is 9.84 Å². The van der Waals surface area contributed by atoms with Gasteiger partial charge in [0.25, 0.3) is 0 Å². The van der Waals surface area contributed by atoms with Crippen molar-refractivity contribution >= 4 is 33.8 Å². The standard InChI is InChI=1S/C28H33N3O4S/c1-5-22-8-6-10-25(17-22)29-28(32)24-9-7-15-31(18-24)36(33,34)27-21(4)30-35-26(27)14-13-23-16-19(2)11-12-20(23)3/h6,8,10-14,16-17,24H,5,7,9,15,18H2,1-4H3,(H,29,32)/b14-13+. The zero-order valence-corrected chi connectivity index (χ0v) is 22.1. The van der Waals surface area contributed by atoms with E-state index >= 15 is 0 Å². The van der Waals surface area contributed by atoms with Crippen molar-refractivity contribution in [2.45, 2.75) is 51.9 Å². The number of rotatable bonds is 7. The average Bonchev–Trinajstić information content (AvgIpc) is 3.25. The third-order valence-electron chi connectivity index (χ3n) is 6.64. The van der Waals surface area contributed by atoms with Crippen LogP contribution in [0, 0.1) is 26.7 Å². The number of carbonyl (C=O) groups is 1. The highest BCUT2D eigenvalue weighted by atomic mass is 32.2. The monoisotopic (exact) mass is 507 g/mol. The van der Waals surface area contributed by atoms with E-state index in [9.17, 15) is 13.2 Å². The Hall–Kier alpha value is -3.23. The van der Waals surface area contributed by atoms with E-state index < -0.39 is 15.9 Å². The second-order valence-electron chi connectivity index (χ2n) is 9.40. The van der Waals surface area contributed by atoms with E-state index in [0.29, 0.717) is 25.1 Å². The van der Waals surface area contributed by atoms with E-state index in [4.69, 9.17) is 4.52 Å². The Morgan fingerprint density at radius 1 is 1.17 bits per heavy atom. The summed E-state index contributed by atoms with van der Waals surface area (Å²) < 4.78 is 34.2. The van der Waals surface area contributed by atoms with Gasteiger partial charge in [0.1, 0.15) is 5.69 Å². The van der Waals surface area contributed by atoms with Crippen molar-refractivity contribution < 1.29 is 17.7 Å². The van der Waals surface area contributed by atoms with Gasteiger partial charge in [-0.25, -0.2) is 8.42 Å². The number of benzene rings is 2. The van der Waals surface area contributed by atoms with E-state index in [-0.39, 0.29) is 23.1 Å². The van der Waals surface area contributed by atoms with Crippen LogP contribution in [0.15, 0.2) is 51.9 Å². The number of carbonyl (C=O) groups excluding carboxylic acids is 1. The molecule has 190 valence electrons. The summed E-state index contributed by atoms with van der Waals surface area (Å²) >= 11 is 0. The van der Waals surface area contributed by atoms with E-state index in [2.05, 4.69) is 17.4 Å². The van der Waals surface area contributed by atoms with Crippen molar-refractivity contribution in [2.24, 2.45) is 5.92 Å². The van der Waals surface area contributed by atoms with Crippen molar-refractivity contribution in [3.63, 3.8) is 0 Å². The first-order valence-electron chi connectivity index (χ1n) is 12.3. The van der Waals surface area contributed by atoms with E-state index in [1.165, 1.54) is 4.31 Å². The molecule has 2 heterocycles. The molecule has 0 spiro atoms. The Labute approximate surface area is 213 Å². The second-order valence-corrected chi connectivity index (χ2v) is 11.3. The van der Waals surface area contributed by atoms with Crippen molar-refractivity contribution in [3.05, 3.63) is 76.2 Å². The molecule has 0 bridgehead atoms. The van der Waals surface area contributed by atoms with Crippen LogP contribution in [0.2, 0.25) is 0 Å². The molecule has 8 heteroatoms. The first-order valence-corrected chi connectivity index (χ1v) is 13.7. The highest BCUT2D eigenvalue weighted by Crippen LogP contribution is 2.30. The normalized spacial score (nSPS) is 16.9. The van der Waals surface area contributed by atoms with Gasteiger partial charge in [0.15, 0.2) is 10.7 Å². The Morgan fingerprint density at radius 2 is 1.97 bits per heavy atom. The molecule has 1 aliphatic rings. The number of anilines is 1. The minimum atomic E-state index is -3.91. The van der Waals surface area contributed by atoms with Gasteiger partial charge in [-0.3, -0.25) is 4.79 Å². The second kappa shape index (κ2) is 10.8. The number of aromatic nitrogens is 1. The fourth-order valence-electron chi connectivity index (χ4n) is 4.52. The molecule has 1 fully saturated rings. The molecule has 0 saturated carbocycles. The first-order chi connectivity index (χ1) is 17.2. The summed E-state index contributed by atoms with van der Waals surface area (Å²) in [5.74, 6) is -0.412. The van der Waals surface area contributed by atoms with Crippen LogP contribution < -0.4 is 5.32 Å². The van der Waals surface area contributed by atoms with Crippen molar-refractivity contribution in [2.75, 3.05) is 18.4 Å². The molecule has 4 rings (SSSR count). The van der Waals surface area contributed by atoms with Crippen molar-refractivity contribution in [1.82, 2.24) is 9.46 Å². The summed E-state index contributed by atoms with van der Waals surface area (Å²) in [7, 11) is -3.91. The predicted molar refractivity (Wildman–Crippen MR) is 142 cm³/mol. The Morgan fingerprint density at radius 3 is 2.75 bits per heavy atom. The zero-order valence-electron chi connectivity index (χ0n) is 21.2. The molecule has 3 aromatic rings. The number of nitrogens with zero attached hydrogens (tertiary/aromatic N) is 2. The lowest BCUT2D eigenvalue weighted by Crippen LogP contribution is -2.43. The van der Waals surface area contributed by atoms with Crippen molar-refractivity contribution in [1.29, 1.82) is 0 Å². The van der Waals surface area contributed by atoms with Crippen molar-refractivity contribution in [3.8, 4) is 0 Å². The third kappa shape index (κ3) is 5.60. The molecule has 1 N–H and O–H groups in total. The molecule has 0 aliphatic carbocycles. The first kappa shape index (κ1) is 25.9. The van der Waals surface area contributed by atoms with Gasteiger partial charge in [-0.2, -0.15) is 4.31 Å². The maximum Gasteiger partial charge on any atom is 0.248 e. The third-order valence-corrected chi connectivity index (χ3v) is 8.66. The Kier molecular flexibility index (Phi) is 7.76. The molecule has 7 nitrogen and oxygen atoms in total. The minimum absolute atomic E-state index is 0.0563. The molecule has 1 amide bonds. The number of piperidine rings is 1. The van der Waals surface area contributed by atoms with Gasteiger partial charge in [-0.15, -0.1) is 0 Å². The summed E-state index contributed by atoms with van der Waals surface area (Å²) in [6.07, 6.45) is 5.61. The maximum atomic E-state index is 13.7. The molecule has 2 aromatic carbocycles. The lowest BCUT2D eigenvalue weighted by molar-refractivity contribution is -0.120. The lowest BCUT2D eigenvalue weighted by Gasteiger charge is -2.31. The van der Waals surface area contributed by atoms with Gasteiger partial charge in [-0.05, 0) is 74.9 Å². The molecule has 1 aliphatic heterocycles. The number of aryl methyl sites for hydroxylation is 4. The van der Waals surface area contributed by atoms with Gasteiger partial charge in [0.05, 0.1) is 5.92 Å². The van der Waals surface area contributed by atoms with Crippen LogP contribution in [-0.2, 0) is 21.2 Å². The average molecular weight is 508 g/mol. The minimum Gasteiger partial charge on any atom is -0.355 e. The molecule has 1 unspecified atom stereocenters. The van der Waals surface area contributed by atoms with Gasteiger partial charge in [0.2, 0.25) is 15.9 Å². The molecule has 0 radical (unpaired) electrons. The molecular formula is C28H33N3O4S. The zero-order chi connectivity index (χ0) is 25.9. The summed E-state index contributed by atoms with van der Waals surface area (Å²) in [6.45, 7) is 8.16. The number of hydrogen-bond acceptors (Lipinski definition) is 5. The van der Waals surface area contributed by atoms with E-state index in [0.717, 1.165) is 34.4 Å². The summed E-state index contributed by atoms with van der Waals surface area (Å²) in [5, 5.41) is 6.91. The van der Waals surface area contributed by atoms with Crippen LogP contribution in [0.4, 0.5) is 5.69 Å². The number of hydrogen-bond donors (Lipinski definition) is 1. The Balaban J connectivity index is 1.54. The SMILES string of the molecule is CCc1cccc(NC(=O)C2CCCN(S(=O)(=O)c3c(C)noc3/C=C/c3cc(C)ccc3C)C2)c1. The van der Waals surface area contributed by atoms with Crippen LogP contribution >= 0.6 is 0 Å². The number of amides is 1. The van der Waals surface area contributed by atoms with E-state index in [1.54, 1.807) is 13.0 Å². The topological polar surface area (TPSA) is 92.5 Å². The van der Waals surface area contributed by atoms with Gasteiger partial charge >= 0.3 is 0 Å². The molecule has 1 atom stereocenters. The van der Waals surface area contributed by atoms with Crippen LogP contribution in [-0.4, -0.2) is 36.9 Å².